The summed E-state index contributed by atoms with van der Waals surface area (Å²) < 4.78 is 0. The van der Waals surface area contributed by atoms with Gasteiger partial charge < -0.3 is 10.8 Å². The molecule has 0 aliphatic rings. The van der Waals surface area contributed by atoms with E-state index in [1.807, 2.05) is 0 Å². The largest absolute Gasteiger partial charge is 0.396 e. The fourth-order valence-corrected chi connectivity index (χ4v) is 1.51. The van der Waals surface area contributed by atoms with Gasteiger partial charge in [0.15, 0.2) is 0 Å². The van der Waals surface area contributed by atoms with Crippen molar-refractivity contribution < 1.29 is 5.11 Å². The lowest BCUT2D eigenvalue weighted by atomic mass is 10.6. The third-order valence-electron chi connectivity index (χ3n) is 1.11. The number of anilines is 1. The minimum atomic E-state index is 0.0882. The van der Waals surface area contributed by atoms with Crippen molar-refractivity contribution in [3.8, 4) is 0 Å². The molecule has 0 spiro atoms. The van der Waals surface area contributed by atoms with Crippen LogP contribution in [0.15, 0.2) is 11.4 Å². The molecule has 4 nitrogen and oxygen atoms in total. The molecule has 0 radical (unpaired) electrons. The number of halogens is 1. The molecule has 1 heterocycles. The van der Waals surface area contributed by atoms with Crippen molar-refractivity contribution in [2.75, 3.05) is 18.1 Å². The van der Waals surface area contributed by atoms with Crippen LogP contribution in [0.5, 0.6) is 0 Å². The number of aliphatic hydroxyl groups excluding tert-OH is 1. The number of aromatic nitrogens is 2. The topological polar surface area (TPSA) is 72.0 Å². The number of nitrogens with two attached hydrogens (primary N) is 1. The number of rotatable bonds is 3. The highest BCUT2D eigenvalue weighted by Crippen LogP contribution is 2.27. The molecule has 0 aromatic carbocycles. The normalized spacial score (nSPS) is 10.2. The zero-order chi connectivity index (χ0) is 8.97. The van der Waals surface area contributed by atoms with Crippen LogP contribution in [0.4, 0.5) is 5.82 Å². The molecule has 0 unspecified atom stereocenters. The summed E-state index contributed by atoms with van der Waals surface area (Å²) in [5.74, 6) is 0.822. The average Bonchev–Trinajstić information content (AvgIpc) is 2.08. The fourth-order valence-electron chi connectivity index (χ4n) is 0.609. The summed E-state index contributed by atoms with van der Waals surface area (Å²) >= 11 is 7.12. The zero-order valence-corrected chi connectivity index (χ0v) is 7.77. The molecule has 0 saturated carbocycles. The zero-order valence-electron chi connectivity index (χ0n) is 6.20. The molecule has 0 atom stereocenters. The summed E-state index contributed by atoms with van der Waals surface area (Å²) in [5, 5.41) is 9.52. The van der Waals surface area contributed by atoms with Gasteiger partial charge in [0.25, 0.3) is 0 Å². The molecule has 0 aliphatic carbocycles. The summed E-state index contributed by atoms with van der Waals surface area (Å²) in [7, 11) is 0. The Kier molecular flexibility index (Phi) is 3.58. The number of nitrogen functional groups attached to an aromatic ring is 1. The van der Waals surface area contributed by atoms with E-state index in [9.17, 15) is 0 Å². The van der Waals surface area contributed by atoms with Crippen molar-refractivity contribution >= 4 is 29.2 Å². The van der Waals surface area contributed by atoms with E-state index in [4.69, 9.17) is 22.4 Å². The molecule has 0 saturated heterocycles. The summed E-state index contributed by atoms with van der Waals surface area (Å²) in [6, 6.07) is 0. The van der Waals surface area contributed by atoms with E-state index in [2.05, 4.69) is 9.97 Å². The first-order valence-electron chi connectivity index (χ1n) is 3.25. The monoisotopic (exact) mass is 205 g/mol. The van der Waals surface area contributed by atoms with Gasteiger partial charge in [0.2, 0.25) is 0 Å². The second kappa shape index (κ2) is 4.49. The Morgan fingerprint density at radius 2 is 2.33 bits per heavy atom. The van der Waals surface area contributed by atoms with Crippen LogP contribution in [0.25, 0.3) is 0 Å². The third-order valence-corrected chi connectivity index (χ3v) is 2.57. The van der Waals surface area contributed by atoms with Crippen LogP contribution >= 0.6 is 23.4 Å². The van der Waals surface area contributed by atoms with Gasteiger partial charge >= 0.3 is 0 Å². The fraction of sp³-hybridized carbons (Fsp3) is 0.333. The predicted octanol–water partition coefficient (Wildman–Crippen LogP) is 0.797. The summed E-state index contributed by atoms with van der Waals surface area (Å²) in [6.07, 6.45) is 1.35. The van der Waals surface area contributed by atoms with Crippen molar-refractivity contribution in [3.63, 3.8) is 0 Å². The summed E-state index contributed by atoms with van der Waals surface area (Å²) in [5.41, 5.74) is 5.43. The molecule has 0 bridgehead atoms. The summed E-state index contributed by atoms with van der Waals surface area (Å²) in [4.78, 5) is 7.61. The predicted molar refractivity (Wildman–Crippen MR) is 49.3 cm³/mol. The van der Waals surface area contributed by atoms with E-state index < -0.39 is 0 Å². The van der Waals surface area contributed by atoms with E-state index in [-0.39, 0.29) is 12.4 Å². The minimum absolute atomic E-state index is 0.0882. The van der Waals surface area contributed by atoms with E-state index in [1.165, 1.54) is 18.1 Å². The Hall–Kier alpha value is -0.520. The molecule has 1 aromatic rings. The first-order valence-corrected chi connectivity index (χ1v) is 4.61. The van der Waals surface area contributed by atoms with Crippen LogP contribution in [0.2, 0.25) is 5.02 Å². The smallest absolute Gasteiger partial charge is 0.146 e. The number of hydrogen-bond donors (Lipinski definition) is 2. The molecule has 0 aliphatic heterocycles. The average molecular weight is 206 g/mol. The number of thioether (sulfide) groups is 1. The Labute approximate surface area is 79.2 Å². The maximum atomic E-state index is 8.55. The standard InChI is InChI=1S/C6H8ClN3OS/c7-4-5(8)9-3-10-6(4)12-2-1-11/h3,11H,1-2H2,(H2,8,9,10). The lowest BCUT2D eigenvalue weighted by Crippen LogP contribution is -1.95. The molecular formula is C6H8ClN3OS. The minimum Gasteiger partial charge on any atom is -0.396 e. The van der Waals surface area contributed by atoms with Crippen molar-refractivity contribution in [1.29, 1.82) is 0 Å². The van der Waals surface area contributed by atoms with Gasteiger partial charge in [-0.1, -0.05) is 11.6 Å². The summed E-state index contributed by atoms with van der Waals surface area (Å²) in [6.45, 7) is 0.0882. The quantitative estimate of drug-likeness (QED) is 0.564. The first kappa shape index (κ1) is 9.57. The second-order valence-corrected chi connectivity index (χ2v) is 3.41. The highest BCUT2D eigenvalue weighted by Gasteiger charge is 2.05. The van der Waals surface area contributed by atoms with E-state index in [0.29, 0.717) is 15.8 Å². The van der Waals surface area contributed by atoms with Gasteiger partial charge in [0, 0.05) is 5.75 Å². The molecule has 1 aromatic heterocycles. The van der Waals surface area contributed by atoms with Crippen molar-refractivity contribution in [2.24, 2.45) is 0 Å². The molecule has 6 heteroatoms. The van der Waals surface area contributed by atoms with Crippen LogP contribution in [0.3, 0.4) is 0 Å². The van der Waals surface area contributed by atoms with Crippen molar-refractivity contribution in [1.82, 2.24) is 9.97 Å². The third kappa shape index (κ3) is 2.23. The Morgan fingerprint density at radius 3 is 3.00 bits per heavy atom. The number of aliphatic hydroxyl groups is 1. The van der Waals surface area contributed by atoms with Crippen LogP contribution in [0, 0.1) is 0 Å². The first-order chi connectivity index (χ1) is 5.75. The highest BCUT2D eigenvalue weighted by molar-refractivity contribution is 7.99. The van der Waals surface area contributed by atoms with Crippen LogP contribution < -0.4 is 5.73 Å². The molecular weight excluding hydrogens is 198 g/mol. The van der Waals surface area contributed by atoms with Crippen LogP contribution in [-0.4, -0.2) is 27.4 Å². The van der Waals surface area contributed by atoms with Gasteiger partial charge in [0.1, 0.15) is 22.2 Å². The van der Waals surface area contributed by atoms with E-state index >= 15 is 0 Å². The maximum absolute atomic E-state index is 8.55. The van der Waals surface area contributed by atoms with E-state index in [1.54, 1.807) is 0 Å². The molecule has 12 heavy (non-hydrogen) atoms. The van der Waals surface area contributed by atoms with Gasteiger partial charge in [-0.05, 0) is 0 Å². The van der Waals surface area contributed by atoms with Gasteiger partial charge in [-0.3, -0.25) is 0 Å². The van der Waals surface area contributed by atoms with Crippen LogP contribution in [0.1, 0.15) is 0 Å². The van der Waals surface area contributed by atoms with Gasteiger partial charge in [0.05, 0.1) is 6.61 Å². The molecule has 66 valence electrons. The van der Waals surface area contributed by atoms with Gasteiger partial charge in [-0.25, -0.2) is 9.97 Å². The molecule has 1 rings (SSSR count). The molecule has 0 amide bonds. The SMILES string of the molecule is Nc1ncnc(SCCO)c1Cl. The maximum Gasteiger partial charge on any atom is 0.146 e. The highest BCUT2D eigenvalue weighted by atomic mass is 35.5. The Balaban J connectivity index is 2.78. The molecule has 0 fully saturated rings. The Bertz CT molecular complexity index is 271. The van der Waals surface area contributed by atoms with Crippen LogP contribution in [-0.2, 0) is 0 Å². The van der Waals surface area contributed by atoms with Crippen molar-refractivity contribution in [3.05, 3.63) is 11.3 Å². The number of nitrogens with zero attached hydrogens (tertiary/aromatic N) is 2. The Morgan fingerprint density at radius 1 is 1.58 bits per heavy atom. The second-order valence-electron chi connectivity index (χ2n) is 1.95. The van der Waals surface area contributed by atoms with Gasteiger partial charge in [-0.2, -0.15) is 0 Å². The lowest BCUT2D eigenvalue weighted by Gasteiger charge is -2.01. The van der Waals surface area contributed by atoms with Crippen molar-refractivity contribution in [2.45, 2.75) is 5.03 Å². The lowest BCUT2D eigenvalue weighted by molar-refractivity contribution is 0.322. The van der Waals surface area contributed by atoms with Gasteiger partial charge in [-0.15, -0.1) is 11.8 Å². The molecule has 3 N–H and O–H groups in total. The number of hydrogen-bond acceptors (Lipinski definition) is 5. The van der Waals surface area contributed by atoms with E-state index in [0.717, 1.165) is 0 Å².